The van der Waals surface area contributed by atoms with Crippen LogP contribution in [-0.4, -0.2) is 66.3 Å². The van der Waals surface area contributed by atoms with Crippen molar-refractivity contribution in [2.75, 3.05) is 18.2 Å². The number of halogens is 1. The molecule has 12 nitrogen and oxygen atoms in total. The maximum atomic E-state index is 11.8. The van der Waals surface area contributed by atoms with E-state index in [1.165, 1.54) is 17.8 Å². The van der Waals surface area contributed by atoms with Crippen LogP contribution in [0.25, 0.3) is 11.2 Å². The van der Waals surface area contributed by atoms with Crippen LogP contribution in [0.2, 0.25) is 5.28 Å². The van der Waals surface area contributed by atoms with Crippen molar-refractivity contribution in [3.8, 4) is 0 Å². The lowest BCUT2D eigenvalue weighted by atomic mass is 10.1. The van der Waals surface area contributed by atoms with Crippen LogP contribution in [0.3, 0.4) is 0 Å². The average molecular weight is 495 g/mol. The van der Waals surface area contributed by atoms with Gasteiger partial charge in [-0.3, -0.25) is 9.36 Å². The van der Waals surface area contributed by atoms with Gasteiger partial charge in [-0.1, -0.05) is 25.9 Å². The highest BCUT2D eigenvalue weighted by atomic mass is 35.5. The summed E-state index contributed by atoms with van der Waals surface area (Å²) in [5.74, 6) is 0.335. The number of hydrogen-bond acceptors (Lipinski definition) is 11. The number of hydrogen-bond donors (Lipinski definition) is 2. The molecule has 3 aromatic heterocycles. The van der Waals surface area contributed by atoms with Gasteiger partial charge in [0, 0.05) is 19.5 Å². The average Bonchev–Trinajstić information content (AvgIpc) is 3.49. The molecule has 0 saturated carbocycles. The molecule has 184 valence electrons. The molecule has 2 N–H and O–H groups in total. The summed E-state index contributed by atoms with van der Waals surface area (Å²) < 4.78 is 18.4. The van der Waals surface area contributed by atoms with Crippen LogP contribution in [0.4, 0.5) is 5.82 Å². The summed E-state index contributed by atoms with van der Waals surface area (Å²) >= 11 is 6.21. The fraction of sp³-hybridized carbons (Fsp3) is 0.571. The molecular formula is C21H27ClN6O6. The van der Waals surface area contributed by atoms with E-state index in [0.29, 0.717) is 35.8 Å². The Morgan fingerprint density at radius 1 is 1.38 bits per heavy atom. The van der Waals surface area contributed by atoms with E-state index in [4.69, 9.17) is 25.6 Å². The Balaban J connectivity index is 1.75. The molecule has 0 aromatic carbocycles. The third-order valence-corrected chi connectivity index (χ3v) is 5.61. The first-order valence-corrected chi connectivity index (χ1v) is 11.3. The highest BCUT2D eigenvalue weighted by molar-refractivity contribution is 6.28. The summed E-state index contributed by atoms with van der Waals surface area (Å²) in [7, 11) is 0. The smallest absolute Gasteiger partial charge is 0.303 e. The van der Waals surface area contributed by atoms with E-state index in [-0.39, 0.29) is 23.6 Å². The van der Waals surface area contributed by atoms with E-state index in [2.05, 4.69) is 20.1 Å². The predicted molar refractivity (Wildman–Crippen MR) is 120 cm³/mol. The lowest BCUT2D eigenvalue weighted by Gasteiger charge is -2.23. The lowest BCUT2D eigenvalue weighted by Crippen LogP contribution is -2.33. The molecule has 0 bridgehead atoms. The number of aliphatic hydroxyl groups excluding tert-OH is 2. The summed E-state index contributed by atoms with van der Waals surface area (Å²) in [5.41, 5.74) is 1.36. The number of aryl methyl sites for hydroxylation is 1. The molecule has 0 amide bonds. The fourth-order valence-electron chi connectivity index (χ4n) is 4.00. The number of fused-ring (bicyclic) bond motifs is 1. The summed E-state index contributed by atoms with van der Waals surface area (Å²) in [4.78, 5) is 26.3. The minimum absolute atomic E-state index is 0.0603. The van der Waals surface area contributed by atoms with Gasteiger partial charge < -0.3 is 29.1 Å². The Bertz CT molecular complexity index is 1170. The van der Waals surface area contributed by atoms with Gasteiger partial charge in [-0.2, -0.15) is 9.97 Å². The largest absolute Gasteiger partial charge is 0.456 e. The number of carbonyl (C=O) groups is 1. The molecule has 1 aliphatic heterocycles. The molecule has 4 heterocycles. The van der Waals surface area contributed by atoms with Crippen molar-refractivity contribution in [1.82, 2.24) is 24.7 Å². The number of aromatic nitrogens is 5. The van der Waals surface area contributed by atoms with Gasteiger partial charge in [-0.05, 0) is 23.9 Å². The van der Waals surface area contributed by atoms with E-state index in [0.717, 1.165) is 0 Å². The molecule has 13 heteroatoms. The molecule has 3 aromatic rings. The molecule has 0 aliphatic carbocycles. The number of anilines is 1. The van der Waals surface area contributed by atoms with Gasteiger partial charge in [-0.25, -0.2) is 4.98 Å². The molecule has 34 heavy (non-hydrogen) atoms. The molecule has 0 spiro atoms. The maximum Gasteiger partial charge on any atom is 0.303 e. The predicted octanol–water partition coefficient (Wildman–Crippen LogP) is 2.00. The second kappa shape index (κ2) is 9.82. The molecule has 1 saturated heterocycles. The Morgan fingerprint density at radius 3 is 2.76 bits per heavy atom. The van der Waals surface area contributed by atoms with Gasteiger partial charge in [0.25, 0.3) is 0 Å². The van der Waals surface area contributed by atoms with Crippen LogP contribution in [0, 0.1) is 5.92 Å². The van der Waals surface area contributed by atoms with Crippen LogP contribution in [0.5, 0.6) is 0 Å². The second-order valence-electron chi connectivity index (χ2n) is 8.48. The Kier molecular flexibility index (Phi) is 7.03. The van der Waals surface area contributed by atoms with E-state index >= 15 is 0 Å². The monoisotopic (exact) mass is 494 g/mol. The number of esters is 1. The topological polar surface area (TPSA) is 149 Å². The van der Waals surface area contributed by atoms with Crippen molar-refractivity contribution >= 4 is 34.6 Å². The molecule has 1 aliphatic rings. The number of carbonyl (C=O) groups excluding carboxylic acids is 1. The van der Waals surface area contributed by atoms with Gasteiger partial charge in [-0.15, -0.1) is 0 Å². The van der Waals surface area contributed by atoms with Gasteiger partial charge in [0.15, 0.2) is 41.2 Å². The Hall–Kier alpha value is -2.80. The molecule has 4 atom stereocenters. The van der Waals surface area contributed by atoms with E-state index in [1.807, 2.05) is 20.8 Å². The number of aliphatic hydroxyl groups is 2. The van der Waals surface area contributed by atoms with Crippen molar-refractivity contribution in [3.05, 3.63) is 29.1 Å². The number of imidazole rings is 1. The van der Waals surface area contributed by atoms with E-state index in [9.17, 15) is 15.0 Å². The molecular weight excluding hydrogens is 468 g/mol. The highest BCUT2D eigenvalue weighted by Gasteiger charge is 2.50. The van der Waals surface area contributed by atoms with Crippen molar-refractivity contribution in [2.45, 2.75) is 58.7 Å². The third kappa shape index (κ3) is 4.58. The number of nitrogens with zero attached hydrogens (tertiary/aromatic N) is 6. The molecule has 0 radical (unpaired) electrons. The molecule has 1 fully saturated rings. The van der Waals surface area contributed by atoms with Crippen LogP contribution in [-0.2, 0) is 20.7 Å². The van der Waals surface area contributed by atoms with Crippen LogP contribution < -0.4 is 4.90 Å². The number of rotatable bonds is 8. The first kappa shape index (κ1) is 24.3. The van der Waals surface area contributed by atoms with Gasteiger partial charge >= 0.3 is 5.97 Å². The summed E-state index contributed by atoms with van der Waals surface area (Å²) in [6, 6.07) is 1.70. The minimum Gasteiger partial charge on any atom is -0.456 e. The molecule has 4 rings (SSSR count). The third-order valence-electron chi connectivity index (χ3n) is 5.44. The van der Waals surface area contributed by atoms with E-state index in [1.54, 1.807) is 11.0 Å². The van der Waals surface area contributed by atoms with Crippen molar-refractivity contribution in [2.24, 2.45) is 5.92 Å². The fourth-order valence-corrected chi connectivity index (χ4v) is 4.16. The lowest BCUT2D eigenvalue weighted by molar-refractivity contribution is -0.153. The van der Waals surface area contributed by atoms with Crippen molar-refractivity contribution < 1.29 is 29.0 Å². The first-order valence-electron chi connectivity index (χ1n) is 11.0. The van der Waals surface area contributed by atoms with Gasteiger partial charge in [0.1, 0.15) is 12.8 Å². The Labute approximate surface area is 200 Å². The highest BCUT2D eigenvalue weighted by Crippen LogP contribution is 2.42. The van der Waals surface area contributed by atoms with Gasteiger partial charge in [0.2, 0.25) is 5.28 Å². The summed E-state index contributed by atoms with van der Waals surface area (Å²) in [5, 5.41) is 24.9. The van der Waals surface area contributed by atoms with Crippen molar-refractivity contribution in [1.29, 1.82) is 0 Å². The zero-order valence-corrected chi connectivity index (χ0v) is 20.0. The zero-order chi connectivity index (χ0) is 24.6. The zero-order valence-electron chi connectivity index (χ0n) is 19.3. The first-order chi connectivity index (χ1) is 16.2. The molecule has 0 unspecified atom stereocenters. The minimum atomic E-state index is -1.27. The summed E-state index contributed by atoms with van der Waals surface area (Å²) in [6.45, 7) is 7.40. The van der Waals surface area contributed by atoms with Gasteiger partial charge in [0.05, 0.1) is 12.0 Å². The number of ether oxygens (including phenoxy) is 2. The normalized spacial score (nSPS) is 22.6. The van der Waals surface area contributed by atoms with Crippen LogP contribution in [0.15, 0.2) is 16.9 Å². The SMILES string of the molecule is CCc1cc([C@H]2O[C@@H](n3cnc4c(N(CO)CC(C)C)nc(Cl)nc43)[C@H](O)[C@@H]2OC(C)=O)on1. The standard InChI is InChI=1S/C21H27ClN6O6/c1-5-12-6-13(34-26-12)16-17(32-11(4)30)15(31)20(33-16)28-8-23-14-18(24-21(22)25-19(14)28)27(9-29)7-10(2)3/h6,8,10,15-17,20,29,31H,5,7,9H2,1-4H3/t15-,16-,17+,20-/m1/s1. The maximum absolute atomic E-state index is 11.8. The second-order valence-corrected chi connectivity index (χ2v) is 8.82. The van der Waals surface area contributed by atoms with Crippen LogP contribution in [0.1, 0.15) is 51.5 Å². The summed E-state index contributed by atoms with van der Waals surface area (Å²) in [6.07, 6.45) is -2.18. The van der Waals surface area contributed by atoms with Crippen molar-refractivity contribution in [3.63, 3.8) is 0 Å². The van der Waals surface area contributed by atoms with Crippen LogP contribution >= 0.6 is 11.6 Å². The van der Waals surface area contributed by atoms with E-state index < -0.39 is 30.5 Å². The Morgan fingerprint density at radius 2 is 2.15 bits per heavy atom. The quantitative estimate of drug-likeness (QED) is 0.269.